The van der Waals surface area contributed by atoms with Gasteiger partial charge in [0, 0.05) is 19.1 Å². The topological polar surface area (TPSA) is 84.6 Å². The molecule has 0 aromatic heterocycles. The summed E-state index contributed by atoms with van der Waals surface area (Å²) < 4.78 is 14.2. The number of nitrogens with one attached hydrogen (secondary N) is 2. The van der Waals surface area contributed by atoms with E-state index in [-0.39, 0.29) is 29.7 Å². The SMILES string of the molecule is C=C1NC(=Nc2ccccc2F)N(C2CCCC2)C1=NC(=NC)NC1CCC(O)CC1. The van der Waals surface area contributed by atoms with Crippen LogP contribution in [0.3, 0.4) is 0 Å². The van der Waals surface area contributed by atoms with Gasteiger partial charge in [-0.15, -0.1) is 0 Å². The maximum absolute atomic E-state index is 14.2. The maximum Gasteiger partial charge on any atom is 0.219 e. The summed E-state index contributed by atoms with van der Waals surface area (Å²) >= 11 is 0. The normalized spacial score (nSPS) is 27.9. The molecule has 3 N–H and O–H groups in total. The second kappa shape index (κ2) is 9.60. The Kier molecular flexibility index (Phi) is 6.65. The molecule has 2 saturated carbocycles. The molecule has 3 aliphatic rings. The molecule has 0 amide bonds. The molecule has 0 unspecified atom stereocenters. The number of para-hydroxylation sites is 1. The molecule has 7 nitrogen and oxygen atoms in total. The second-order valence-corrected chi connectivity index (χ2v) is 8.43. The number of aliphatic hydroxyl groups is 1. The zero-order chi connectivity index (χ0) is 21.8. The Morgan fingerprint density at radius 2 is 1.87 bits per heavy atom. The third-order valence-electron chi connectivity index (χ3n) is 6.21. The first kappa shape index (κ1) is 21.5. The summed E-state index contributed by atoms with van der Waals surface area (Å²) in [6.45, 7) is 4.14. The van der Waals surface area contributed by atoms with E-state index in [1.54, 1.807) is 25.2 Å². The van der Waals surface area contributed by atoms with Crippen molar-refractivity contribution in [3.63, 3.8) is 0 Å². The van der Waals surface area contributed by atoms with Gasteiger partial charge in [0.2, 0.25) is 11.9 Å². The van der Waals surface area contributed by atoms with Crippen LogP contribution < -0.4 is 10.6 Å². The monoisotopic (exact) mass is 426 g/mol. The lowest BCUT2D eigenvalue weighted by atomic mass is 9.93. The molecule has 0 radical (unpaired) electrons. The third kappa shape index (κ3) is 4.95. The van der Waals surface area contributed by atoms with Crippen molar-refractivity contribution in [2.24, 2.45) is 15.0 Å². The Bertz CT molecular complexity index is 897. The van der Waals surface area contributed by atoms with Crippen LogP contribution in [-0.4, -0.2) is 53.0 Å². The minimum Gasteiger partial charge on any atom is -0.393 e. The van der Waals surface area contributed by atoms with Crippen LogP contribution in [-0.2, 0) is 0 Å². The summed E-state index contributed by atoms with van der Waals surface area (Å²) in [5.41, 5.74) is 0.911. The molecular weight excluding hydrogens is 395 g/mol. The van der Waals surface area contributed by atoms with Crippen LogP contribution in [0.15, 0.2) is 51.5 Å². The number of rotatable bonds is 3. The molecule has 0 atom stereocenters. The highest BCUT2D eigenvalue weighted by molar-refractivity contribution is 6.19. The molecule has 4 rings (SSSR count). The fraction of sp³-hybridized carbons (Fsp3) is 0.522. The van der Waals surface area contributed by atoms with E-state index in [1.807, 2.05) is 0 Å². The van der Waals surface area contributed by atoms with Crippen LogP contribution >= 0.6 is 0 Å². The van der Waals surface area contributed by atoms with Crippen molar-refractivity contribution >= 4 is 23.4 Å². The van der Waals surface area contributed by atoms with E-state index in [0.29, 0.717) is 23.5 Å². The van der Waals surface area contributed by atoms with Crippen molar-refractivity contribution < 1.29 is 9.50 Å². The van der Waals surface area contributed by atoms with Crippen LogP contribution in [0, 0.1) is 5.82 Å². The van der Waals surface area contributed by atoms with E-state index in [1.165, 1.54) is 6.07 Å². The van der Waals surface area contributed by atoms with Gasteiger partial charge in [-0.3, -0.25) is 9.89 Å². The van der Waals surface area contributed by atoms with Crippen molar-refractivity contribution in [3.05, 3.63) is 42.4 Å². The lowest BCUT2D eigenvalue weighted by molar-refractivity contribution is 0.120. The first-order chi connectivity index (χ1) is 15.0. The number of nitrogens with zero attached hydrogens (tertiary/aromatic N) is 4. The van der Waals surface area contributed by atoms with E-state index in [9.17, 15) is 9.50 Å². The molecule has 1 heterocycles. The van der Waals surface area contributed by atoms with Gasteiger partial charge in [0.25, 0.3) is 0 Å². The lowest BCUT2D eigenvalue weighted by Crippen LogP contribution is -2.42. The van der Waals surface area contributed by atoms with Gasteiger partial charge in [0.05, 0.1) is 11.8 Å². The number of amidine groups is 1. The van der Waals surface area contributed by atoms with Crippen LogP contribution in [0.2, 0.25) is 0 Å². The predicted molar refractivity (Wildman–Crippen MR) is 122 cm³/mol. The van der Waals surface area contributed by atoms with Crippen molar-refractivity contribution in [2.45, 2.75) is 69.6 Å². The molecule has 166 valence electrons. The maximum atomic E-state index is 14.2. The molecule has 31 heavy (non-hydrogen) atoms. The van der Waals surface area contributed by atoms with Crippen molar-refractivity contribution in [1.82, 2.24) is 15.5 Å². The van der Waals surface area contributed by atoms with Gasteiger partial charge in [-0.2, -0.15) is 4.99 Å². The first-order valence-electron chi connectivity index (χ1n) is 11.1. The molecule has 0 spiro atoms. The zero-order valence-electron chi connectivity index (χ0n) is 18.0. The summed E-state index contributed by atoms with van der Waals surface area (Å²) in [6, 6.07) is 6.97. The molecule has 1 saturated heterocycles. The Morgan fingerprint density at radius 1 is 1.16 bits per heavy atom. The van der Waals surface area contributed by atoms with Gasteiger partial charge < -0.3 is 15.7 Å². The zero-order valence-corrected chi connectivity index (χ0v) is 18.0. The lowest BCUT2D eigenvalue weighted by Gasteiger charge is -2.27. The number of benzene rings is 1. The Balaban J connectivity index is 1.61. The standard InChI is InChI=1S/C23H31FN6O/c1-15-21(29-22(25-2)27-16-11-13-18(31)14-12-16)30(17-7-3-4-8-17)23(26-15)28-20-10-6-5-9-19(20)24/h5-6,9-10,16-18,31H,1,3-4,7-8,11-14H2,2H3,(H,25,27)(H,26,28). The Hall–Kier alpha value is -2.74. The van der Waals surface area contributed by atoms with Gasteiger partial charge >= 0.3 is 0 Å². The number of aliphatic imine (C=N–C) groups is 3. The average Bonchev–Trinajstić information content (AvgIpc) is 3.39. The minimum absolute atomic E-state index is 0.208. The second-order valence-electron chi connectivity index (χ2n) is 8.43. The van der Waals surface area contributed by atoms with Crippen LogP contribution in [0.25, 0.3) is 0 Å². The van der Waals surface area contributed by atoms with Gasteiger partial charge in [-0.05, 0) is 50.7 Å². The number of hydrogen-bond acceptors (Lipinski definition) is 3. The van der Waals surface area contributed by atoms with Crippen LogP contribution in [0.5, 0.6) is 0 Å². The Morgan fingerprint density at radius 3 is 2.55 bits per heavy atom. The third-order valence-corrected chi connectivity index (χ3v) is 6.21. The van der Waals surface area contributed by atoms with Crippen LogP contribution in [0.4, 0.5) is 10.1 Å². The summed E-state index contributed by atoms with van der Waals surface area (Å²) in [5.74, 6) is 1.40. The molecule has 2 aliphatic carbocycles. The van der Waals surface area contributed by atoms with E-state index in [2.05, 4.69) is 32.1 Å². The van der Waals surface area contributed by atoms with Crippen molar-refractivity contribution in [3.8, 4) is 0 Å². The van der Waals surface area contributed by atoms with Gasteiger partial charge in [-0.1, -0.05) is 31.6 Å². The van der Waals surface area contributed by atoms with E-state index in [0.717, 1.165) is 51.4 Å². The fourth-order valence-corrected chi connectivity index (χ4v) is 4.51. The highest BCUT2D eigenvalue weighted by Crippen LogP contribution is 2.29. The number of hydrogen-bond donors (Lipinski definition) is 3. The van der Waals surface area contributed by atoms with Crippen molar-refractivity contribution in [2.75, 3.05) is 7.05 Å². The molecule has 1 aromatic carbocycles. The molecule has 1 aromatic rings. The molecule has 3 fully saturated rings. The van der Waals surface area contributed by atoms with Crippen LogP contribution in [0.1, 0.15) is 51.4 Å². The molecule has 1 aliphatic heterocycles. The highest BCUT2D eigenvalue weighted by Gasteiger charge is 2.36. The number of aliphatic hydroxyl groups excluding tert-OH is 1. The largest absolute Gasteiger partial charge is 0.393 e. The van der Waals surface area contributed by atoms with Gasteiger partial charge in [0.15, 0.2) is 5.84 Å². The predicted octanol–water partition coefficient (Wildman–Crippen LogP) is 3.45. The average molecular weight is 427 g/mol. The Labute approximate surface area is 182 Å². The highest BCUT2D eigenvalue weighted by atomic mass is 19.1. The minimum atomic E-state index is -0.365. The quantitative estimate of drug-likeness (QED) is 0.511. The number of halogens is 1. The van der Waals surface area contributed by atoms with Gasteiger partial charge in [0.1, 0.15) is 11.5 Å². The van der Waals surface area contributed by atoms with E-state index < -0.39 is 0 Å². The summed E-state index contributed by atoms with van der Waals surface area (Å²) in [5, 5.41) is 16.4. The number of guanidine groups is 2. The molecular formula is C23H31FN6O. The first-order valence-corrected chi connectivity index (χ1v) is 11.1. The van der Waals surface area contributed by atoms with E-state index in [4.69, 9.17) is 4.99 Å². The summed E-state index contributed by atoms with van der Waals surface area (Å²) in [6.07, 6.45) is 7.47. The summed E-state index contributed by atoms with van der Waals surface area (Å²) in [4.78, 5) is 15.8. The van der Waals surface area contributed by atoms with Crippen molar-refractivity contribution in [1.29, 1.82) is 0 Å². The van der Waals surface area contributed by atoms with Gasteiger partial charge in [-0.25, -0.2) is 9.38 Å². The van der Waals surface area contributed by atoms with E-state index >= 15 is 0 Å². The summed E-state index contributed by atoms with van der Waals surface area (Å²) in [7, 11) is 1.71. The fourth-order valence-electron chi connectivity index (χ4n) is 4.51. The molecule has 0 bridgehead atoms. The molecule has 8 heteroatoms. The smallest absolute Gasteiger partial charge is 0.219 e.